The van der Waals surface area contributed by atoms with E-state index in [2.05, 4.69) is 4.98 Å². The minimum absolute atomic E-state index is 0.0115. The monoisotopic (exact) mass is 303 g/mol. The van der Waals surface area contributed by atoms with Crippen molar-refractivity contribution in [2.24, 2.45) is 0 Å². The number of rotatable bonds is 4. The molecule has 0 aromatic carbocycles. The van der Waals surface area contributed by atoms with E-state index in [-0.39, 0.29) is 18.2 Å². The molecule has 6 heteroatoms. The number of nitrogens with zero attached hydrogens (tertiary/aromatic N) is 3. The third-order valence-corrected chi connectivity index (χ3v) is 3.50. The quantitative estimate of drug-likeness (QED) is 0.922. The molecule has 2 aromatic heterocycles. The smallest absolute Gasteiger partial charge is 0.270 e. The number of pyridine rings is 1. The lowest BCUT2D eigenvalue weighted by Gasteiger charge is -2.27. The van der Waals surface area contributed by atoms with E-state index in [1.807, 2.05) is 26.8 Å². The van der Waals surface area contributed by atoms with E-state index in [1.165, 1.54) is 15.5 Å². The van der Waals surface area contributed by atoms with Crippen LogP contribution in [0.3, 0.4) is 0 Å². The van der Waals surface area contributed by atoms with Crippen LogP contribution in [-0.4, -0.2) is 44.0 Å². The number of aryl methyl sites for hydroxylation is 1. The normalized spacial score (nSPS) is 12.6. The predicted octanol–water partition coefficient (Wildman–Crippen LogP) is 1.23. The van der Waals surface area contributed by atoms with Gasteiger partial charge in [-0.05, 0) is 39.3 Å². The summed E-state index contributed by atoms with van der Waals surface area (Å²) in [5, 5.41) is 9.55. The number of hydrogen-bond acceptors (Lipinski definition) is 4. The maximum Gasteiger partial charge on any atom is 0.270 e. The number of fused-ring (bicyclic) bond motifs is 1. The fourth-order valence-electron chi connectivity index (χ4n) is 2.36. The van der Waals surface area contributed by atoms with Crippen LogP contribution in [-0.2, 0) is 0 Å². The van der Waals surface area contributed by atoms with Gasteiger partial charge in [0.2, 0.25) is 0 Å². The molecule has 118 valence electrons. The molecular formula is C16H21N3O3. The highest BCUT2D eigenvalue weighted by molar-refractivity contribution is 5.94. The fourth-order valence-corrected chi connectivity index (χ4v) is 2.36. The summed E-state index contributed by atoms with van der Waals surface area (Å²) in [5.41, 5.74) is 1.02. The second-order valence-electron chi connectivity index (χ2n) is 5.76. The van der Waals surface area contributed by atoms with Gasteiger partial charge in [0.15, 0.2) is 0 Å². The van der Waals surface area contributed by atoms with Crippen LogP contribution in [0, 0.1) is 6.92 Å². The van der Waals surface area contributed by atoms with Gasteiger partial charge in [0.1, 0.15) is 11.2 Å². The summed E-state index contributed by atoms with van der Waals surface area (Å²) >= 11 is 0. The number of carbonyl (C=O) groups is 1. The third-order valence-electron chi connectivity index (χ3n) is 3.50. The van der Waals surface area contributed by atoms with E-state index in [0.29, 0.717) is 5.65 Å². The summed E-state index contributed by atoms with van der Waals surface area (Å²) in [4.78, 5) is 30.9. The fraction of sp³-hybridized carbons (Fsp3) is 0.438. The molecule has 0 saturated carbocycles. The Labute approximate surface area is 129 Å². The standard InChI is InChI=1S/C16H21N3O3/c1-10(2)19(9-12(4)20)16(22)13-8-17-14-11(3)6-5-7-18(14)15(13)21/h5-8,10,12,20H,9H2,1-4H3. The van der Waals surface area contributed by atoms with Gasteiger partial charge in [-0.25, -0.2) is 4.98 Å². The lowest BCUT2D eigenvalue weighted by Crippen LogP contribution is -2.43. The van der Waals surface area contributed by atoms with Gasteiger partial charge in [0.05, 0.1) is 6.10 Å². The molecule has 1 amide bonds. The molecule has 0 radical (unpaired) electrons. The Balaban J connectivity index is 2.52. The maximum absolute atomic E-state index is 12.6. The molecule has 1 atom stereocenters. The van der Waals surface area contributed by atoms with Gasteiger partial charge >= 0.3 is 0 Å². The van der Waals surface area contributed by atoms with Gasteiger partial charge < -0.3 is 10.0 Å². The number of aliphatic hydroxyl groups is 1. The molecule has 2 rings (SSSR count). The van der Waals surface area contributed by atoms with Crippen molar-refractivity contribution in [1.82, 2.24) is 14.3 Å². The minimum Gasteiger partial charge on any atom is -0.392 e. The highest BCUT2D eigenvalue weighted by Gasteiger charge is 2.23. The molecule has 0 saturated heterocycles. The molecular weight excluding hydrogens is 282 g/mol. The van der Waals surface area contributed by atoms with Gasteiger partial charge in [0, 0.05) is 25.0 Å². The number of carbonyl (C=O) groups excluding carboxylic acids is 1. The summed E-state index contributed by atoms with van der Waals surface area (Å²) in [6.45, 7) is 7.33. The zero-order chi connectivity index (χ0) is 16.4. The molecule has 0 aliphatic carbocycles. The van der Waals surface area contributed by atoms with Crippen LogP contribution in [0.5, 0.6) is 0 Å². The number of amides is 1. The van der Waals surface area contributed by atoms with Crippen molar-refractivity contribution in [3.05, 3.63) is 46.0 Å². The van der Waals surface area contributed by atoms with Gasteiger partial charge in [0.25, 0.3) is 11.5 Å². The van der Waals surface area contributed by atoms with Crippen LogP contribution in [0.2, 0.25) is 0 Å². The highest BCUT2D eigenvalue weighted by Crippen LogP contribution is 2.09. The van der Waals surface area contributed by atoms with E-state index < -0.39 is 17.6 Å². The van der Waals surface area contributed by atoms with E-state index in [4.69, 9.17) is 0 Å². The van der Waals surface area contributed by atoms with Crippen LogP contribution >= 0.6 is 0 Å². The number of aliphatic hydroxyl groups excluding tert-OH is 1. The summed E-state index contributed by atoms with van der Waals surface area (Å²) < 4.78 is 1.38. The van der Waals surface area contributed by atoms with Crippen molar-refractivity contribution < 1.29 is 9.90 Å². The van der Waals surface area contributed by atoms with E-state index in [0.717, 1.165) is 5.56 Å². The minimum atomic E-state index is -0.662. The maximum atomic E-state index is 12.6. The SMILES string of the molecule is Cc1cccn2c(=O)c(C(=O)N(CC(C)O)C(C)C)cnc12. The third kappa shape index (κ3) is 3.01. The lowest BCUT2D eigenvalue weighted by molar-refractivity contribution is 0.0576. The molecule has 6 nitrogen and oxygen atoms in total. The van der Waals surface area contributed by atoms with Crippen molar-refractivity contribution in [2.75, 3.05) is 6.54 Å². The molecule has 2 heterocycles. The number of aromatic nitrogens is 2. The average Bonchev–Trinajstić information content (AvgIpc) is 2.45. The van der Waals surface area contributed by atoms with Gasteiger partial charge in [-0.15, -0.1) is 0 Å². The van der Waals surface area contributed by atoms with Crippen molar-refractivity contribution >= 4 is 11.6 Å². The molecule has 22 heavy (non-hydrogen) atoms. The van der Waals surface area contributed by atoms with Crippen LogP contribution < -0.4 is 5.56 Å². The van der Waals surface area contributed by atoms with Gasteiger partial charge in [-0.1, -0.05) is 6.07 Å². The summed E-state index contributed by atoms with van der Waals surface area (Å²) in [6, 6.07) is 3.48. The highest BCUT2D eigenvalue weighted by atomic mass is 16.3. The molecule has 0 aliphatic heterocycles. The second-order valence-corrected chi connectivity index (χ2v) is 5.76. The first-order chi connectivity index (χ1) is 10.3. The first-order valence-corrected chi connectivity index (χ1v) is 7.29. The first kappa shape index (κ1) is 16.2. The Bertz CT molecular complexity index is 750. The Kier molecular flexibility index (Phi) is 4.61. The molecule has 0 spiro atoms. The molecule has 0 bridgehead atoms. The van der Waals surface area contributed by atoms with Crippen molar-refractivity contribution in [3.63, 3.8) is 0 Å². The zero-order valence-electron chi connectivity index (χ0n) is 13.3. The van der Waals surface area contributed by atoms with E-state index in [9.17, 15) is 14.7 Å². The molecule has 1 unspecified atom stereocenters. The summed E-state index contributed by atoms with van der Waals surface area (Å²) in [5.74, 6) is -0.413. The lowest BCUT2D eigenvalue weighted by atomic mass is 10.2. The Morgan fingerprint density at radius 3 is 2.68 bits per heavy atom. The molecule has 2 aromatic rings. The topological polar surface area (TPSA) is 74.9 Å². The van der Waals surface area contributed by atoms with Crippen molar-refractivity contribution in [2.45, 2.75) is 39.8 Å². The predicted molar refractivity (Wildman–Crippen MR) is 84.1 cm³/mol. The Morgan fingerprint density at radius 1 is 1.41 bits per heavy atom. The largest absolute Gasteiger partial charge is 0.392 e. The summed E-state index contributed by atoms with van der Waals surface area (Å²) in [7, 11) is 0. The van der Waals surface area contributed by atoms with E-state index >= 15 is 0 Å². The first-order valence-electron chi connectivity index (χ1n) is 7.29. The molecule has 0 aliphatic rings. The molecule has 1 N–H and O–H groups in total. The van der Waals surface area contributed by atoms with Crippen molar-refractivity contribution in [1.29, 1.82) is 0 Å². The van der Waals surface area contributed by atoms with Crippen molar-refractivity contribution in [3.8, 4) is 0 Å². The van der Waals surface area contributed by atoms with Gasteiger partial charge in [-0.3, -0.25) is 14.0 Å². The van der Waals surface area contributed by atoms with Crippen LogP contribution in [0.1, 0.15) is 36.7 Å². The summed E-state index contributed by atoms with van der Waals surface area (Å²) in [6.07, 6.45) is 2.26. The second kappa shape index (κ2) is 6.27. The van der Waals surface area contributed by atoms with E-state index in [1.54, 1.807) is 19.2 Å². The Morgan fingerprint density at radius 2 is 2.09 bits per heavy atom. The Hall–Kier alpha value is -2.21. The van der Waals surface area contributed by atoms with Crippen LogP contribution in [0.4, 0.5) is 0 Å². The van der Waals surface area contributed by atoms with Crippen LogP contribution in [0.25, 0.3) is 5.65 Å². The molecule has 0 fully saturated rings. The number of hydrogen-bond donors (Lipinski definition) is 1. The van der Waals surface area contributed by atoms with Gasteiger partial charge in [-0.2, -0.15) is 0 Å². The average molecular weight is 303 g/mol. The van der Waals surface area contributed by atoms with Crippen LogP contribution in [0.15, 0.2) is 29.3 Å². The zero-order valence-corrected chi connectivity index (χ0v) is 13.3.